The van der Waals surface area contributed by atoms with Gasteiger partial charge in [0.05, 0.1) is 23.2 Å². The average Bonchev–Trinajstić information content (AvgIpc) is 2.92. The predicted molar refractivity (Wildman–Crippen MR) is 68.3 cm³/mol. The molecular weight excluding hydrogens is 288 g/mol. The molecule has 2 aromatic rings. The first-order chi connectivity index (χ1) is 9.58. The van der Waals surface area contributed by atoms with E-state index in [9.17, 15) is 14.9 Å². The monoisotopic (exact) mass is 296 g/mol. The highest BCUT2D eigenvalue weighted by Gasteiger charge is 2.16. The van der Waals surface area contributed by atoms with E-state index < -0.39 is 10.8 Å². The Kier molecular flexibility index (Phi) is 4.20. The Morgan fingerprint density at radius 2 is 2.35 bits per heavy atom. The summed E-state index contributed by atoms with van der Waals surface area (Å²) in [4.78, 5) is 25.5. The summed E-state index contributed by atoms with van der Waals surface area (Å²) < 4.78 is 1.54. The van der Waals surface area contributed by atoms with Crippen molar-refractivity contribution >= 4 is 23.2 Å². The zero-order valence-corrected chi connectivity index (χ0v) is 10.8. The van der Waals surface area contributed by atoms with Crippen LogP contribution in [-0.2, 0) is 6.54 Å². The van der Waals surface area contributed by atoms with E-state index in [0.717, 1.165) is 12.3 Å². The molecule has 0 aliphatic heterocycles. The first kappa shape index (κ1) is 13.9. The molecule has 2 aromatic heterocycles. The van der Waals surface area contributed by atoms with E-state index in [1.807, 2.05) is 0 Å². The highest BCUT2D eigenvalue weighted by Crippen LogP contribution is 2.18. The van der Waals surface area contributed by atoms with Gasteiger partial charge in [0.1, 0.15) is 11.3 Å². The number of amides is 1. The lowest BCUT2D eigenvalue weighted by atomic mass is 10.2. The van der Waals surface area contributed by atoms with Crippen molar-refractivity contribution < 1.29 is 9.72 Å². The van der Waals surface area contributed by atoms with Crippen LogP contribution in [0.2, 0.25) is 5.15 Å². The summed E-state index contributed by atoms with van der Waals surface area (Å²) in [6, 6.07) is 1.08. The van der Waals surface area contributed by atoms with Crippen LogP contribution in [0.25, 0.3) is 0 Å². The van der Waals surface area contributed by atoms with Gasteiger partial charge in [0, 0.05) is 18.8 Å². The summed E-state index contributed by atoms with van der Waals surface area (Å²) in [5, 5.41) is 20.5. The number of rotatable bonds is 5. The van der Waals surface area contributed by atoms with E-state index in [4.69, 9.17) is 11.6 Å². The highest BCUT2D eigenvalue weighted by atomic mass is 35.5. The largest absolute Gasteiger partial charge is 0.350 e. The molecule has 2 heterocycles. The highest BCUT2D eigenvalue weighted by molar-refractivity contribution is 6.32. The lowest BCUT2D eigenvalue weighted by Gasteiger charge is -2.06. The summed E-state index contributed by atoms with van der Waals surface area (Å²) in [6.45, 7) is 0.701. The maximum absolute atomic E-state index is 11.9. The van der Waals surface area contributed by atoms with Gasteiger partial charge in [-0.15, -0.1) is 5.10 Å². The first-order valence-electron chi connectivity index (χ1n) is 5.50. The molecule has 0 aliphatic carbocycles. The zero-order chi connectivity index (χ0) is 14.5. The number of aromatic nitrogens is 4. The Balaban J connectivity index is 2.01. The van der Waals surface area contributed by atoms with Crippen molar-refractivity contribution in [1.82, 2.24) is 25.3 Å². The number of halogens is 1. The topological polar surface area (TPSA) is 116 Å². The molecule has 20 heavy (non-hydrogen) atoms. The molecule has 0 bridgehead atoms. The van der Waals surface area contributed by atoms with E-state index in [0.29, 0.717) is 6.54 Å². The normalized spacial score (nSPS) is 10.2. The molecule has 0 spiro atoms. The van der Waals surface area contributed by atoms with Crippen LogP contribution in [-0.4, -0.2) is 37.4 Å². The first-order valence-corrected chi connectivity index (χ1v) is 5.88. The van der Waals surface area contributed by atoms with E-state index in [1.54, 1.807) is 6.20 Å². The van der Waals surface area contributed by atoms with E-state index in [-0.39, 0.29) is 22.9 Å². The van der Waals surface area contributed by atoms with Crippen molar-refractivity contribution in [1.29, 1.82) is 0 Å². The molecule has 0 atom stereocenters. The minimum Gasteiger partial charge on any atom is -0.350 e. The Labute approximate surface area is 117 Å². The smallest absolute Gasteiger partial charge is 0.288 e. The van der Waals surface area contributed by atoms with Crippen molar-refractivity contribution in [2.24, 2.45) is 0 Å². The average molecular weight is 297 g/mol. The molecule has 2 rings (SSSR count). The van der Waals surface area contributed by atoms with Gasteiger partial charge in [-0.2, -0.15) is 0 Å². The molecule has 1 N–H and O–H groups in total. The molecule has 0 saturated heterocycles. The van der Waals surface area contributed by atoms with E-state index in [1.165, 1.54) is 10.9 Å². The molecule has 1 amide bonds. The van der Waals surface area contributed by atoms with Crippen molar-refractivity contribution in [2.75, 3.05) is 6.54 Å². The van der Waals surface area contributed by atoms with Gasteiger partial charge in [0.15, 0.2) is 0 Å². The standard InChI is InChI=1S/C10H9ClN6O3/c11-9-8(5-7(6-13-9)17(19)20)10(18)12-1-3-16-4-2-14-15-16/h2,4-6H,1,3H2,(H,12,18). The van der Waals surface area contributed by atoms with Gasteiger partial charge in [-0.05, 0) is 0 Å². The van der Waals surface area contributed by atoms with Gasteiger partial charge in [-0.25, -0.2) is 4.98 Å². The fourth-order valence-electron chi connectivity index (χ4n) is 1.43. The van der Waals surface area contributed by atoms with Crippen LogP contribution in [0.3, 0.4) is 0 Å². The molecule has 0 unspecified atom stereocenters. The second-order valence-corrected chi connectivity index (χ2v) is 4.07. The fourth-order valence-corrected chi connectivity index (χ4v) is 1.62. The maximum atomic E-state index is 11.9. The third-order valence-corrected chi connectivity index (χ3v) is 2.68. The maximum Gasteiger partial charge on any atom is 0.288 e. The van der Waals surface area contributed by atoms with Crippen molar-refractivity contribution in [3.63, 3.8) is 0 Å². The van der Waals surface area contributed by atoms with Crippen LogP contribution in [0.5, 0.6) is 0 Å². The molecule has 9 nitrogen and oxygen atoms in total. The third-order valence-electron chi connectivity index (χ3n) is 2.38. The van der Waals surface area contributed by atoms with Crippen LogP contribution in [0, 0.1) is 10.1 Å². The minimum absolute atomic E-state index is 0.0422. The summed E-state index contributed by atoms with van der Waals surface area (Å²) in [5.74, 6) is -0.536. The van der Waals surface area contributed by atoms with Gasteiger partial charge < -0.3 is 5.32 Å². The van der Waals surface area contributed by atoms with Gasteiger partial charge in [-0.3, -0.25) is 19.6 Å². The Bertz CT molecular complexity index is 630. The van der Waals surface area contributed by atoms with Crippen LogP contribution in [0.4, 0.5) is 5.69 Å². The van der Waals surface area contributed by atoms with Crippen LogP contribution in [0.1, 0.15) is 10.4 Å². The second kappa shape index (κ2) is 6.06. The third kappa shape index (κ3) is 3.26. The van der Waals surface area contributed by atoms with Crippen LogP contribution >= 0.6 is 11.6 Å². The molecular formula is C10H9ClN6O3. The minimum atomic E-state index is -0.643. The molecule has 104 valence electrons. The number of hydrogen-bond donors (Lipinski definition) is 1. The van der Waals surface area contributed by atoms with E-state index in [2.05, 4.69) is 20.6 Å². The van der Waals surface area contributed by atoms with E-state index >= 15 is 0 Å². The Morgan fingerprint density at radius 3 is 3.00 bits per heavy atom. The van der Waals surface area contributed by atoms with Crippen LogP contribution < -0.4 is 5.32 Å². The van der Waals surface area contributed by atoms with Gasteiger partial charge >= 0.3 is 0 Å². The number of nitrogens with one attached hydrogen (secondary N) is 1. The van der Waals surface area contributed by atoms with Crippen molar-refractivity contribution in [3.05, 3.63) is 45.5 Å². The number of carbonyl (C=O) groups excluding carboxylic acids is 1. The number of nitro groups is 1. The summed E-state index contributed by atoms with van der Waals surface area (Å²) in [5.41, 5.74) is -0.338. The van der Waals surface area contributed by atoms with Crippen LogP contribution in [0.15, 0.2) is 24.7 Å². The van der Waals surface area contributed by atoms with Crippen molar-refractivity contribution in [3.8, 4) is 0 Å². The SMILES string of the molecule is O=C(NCCn1ccnn1)c1cc([N+](=O)[O-])cnc1Cl. The molecule has 0 saturated carbocycles. The van der Waals surface area contributed by atoms with Gasteiger partial charge in [0.2, 0.25) is 0 Å². The fraction of sp³-hybridized carbons (Fsp3) is 0.200. The predicted octanol–water partition coefficient (Wildman–Crippen LogP) is 0.665. The number of carbonyl (C=O) groups is 1. The van der Waals surface area contributed by atoms with Gasteiger partial charge in [-0.1, -0.05) is 16.8 Å². The number of pyridine rings is 1. The lowest BCUT2D eigenvalue weighted by molar-refractivity contribution is -0.385. The summed E-state index contributed by atoms with van der Waals surface area (Å²) in [7, 11) is 0. The molecule has 0 fully saturated rings. The zero-order valence-electron chi connectivity index (χ0n) is 10.1. The molecule has 0 aliphatic rings. The molecule has 0 radical (unpaired) electrons. The Hall–Kier alpha value is -2.55. The summed E-state index contributed by atoms with van der Waals surface area (Å²) >= 11 is 5.75. The number of nitrogens with zero attached hydrogens (tertiary/aromatic N) is 5. The quantitative estimate of drug-likeness (QED) is 0.492. The Morgan fingerprint density at radius 1 is 1.55 bits per heavy atom. The number of hydrogen-bond acceptors (Lipinski definition) is 6. The van der Waals surface area contributed by atoms with Gasteiger partial charge in [0.25, 0.3) is 11.6 Å². The molecule has 0 aromatic carbocycles. The second-order valence-electron chi connectivity index (χ2n) is 3.71. The lowest BCUT2D eigenvalue weighted by Crippen LogP contribution is -2.27. The molecule has 10 heteroatoms. The summed E-state index contributed by atoms with van der Waals surface area (Å²) in [6.07, 6.45) is 4.16. The van der Waals surface area contributed by atoms with Crippen molar-refractivity contribution in [2.45, 2.75) is 6.54 Å².